The number of aliphatic hydroxyl groups is 1. The number of fused-ring (bicyclic) bond motifs is 1. The van der Waals surface area contributed by atoms with Gasteiger partial charge in [0.1, 0.15) is 16.7 Å². The molecule has 0 radical (unpaired) electrons. The second-order valence-electron chi connectivity index (χ2n) is 9.30. The molecule has 0 saturated carbocycles. The maximum absolute atomic E-state index is 9.15. The van der Waals surface area contributed by atoms with Crippen molar-refractivity contribution in [1.29, 1.82) is 0 Å². The van der Waals surface area contributed by atoms with E-state index in [1.807, 2.05) is 16.8 Å². The van der Waals surface area contributed by atoms with E-state index in [0.29, 0.717) is 18.3 Å². The van der Waals surface area contributed by atoms with E-state index in [4.69, 9.17) is 26.1 Å². The van der Waals surface area contributed by atoms with Crippen LogP contribution in [0.25, 0.3) is 16.8 Å². The highest BCUT2D eigenvalue weighted by atomic mass is 35.5. The molecule has 3 rings (SSSR count). The van der Waals surface area contributed by atoms with E-state index < -0.39 is 8.32 Å². The Balaban J connectivity index is 1.87. The Kier molecular flexibility index (Phi) is 6.71. The number of imidazole rings is 1. The average Bonchev–Trinajstić information content (AvgIpc) is 3.25. The Morgan fingerprint density at radius 2 is 1.97 bits per heavy atom. The van der Waals surface area contributed by atoms with Gasteiger partial charge in [-0.3, -0.25) is 9.08 Å². The van der Waals surface area contributed by atoms with Gasteiger partial charge in [-0.15, -0.1) is 0 Å². The first-order chi connectivity index (χ1) is 14.0. The molecule has 0 fully saturated rings. The quantitative estimate of drug-likeness (QED) is 0.502. The van der Waals surface area contributed by atoms with Gasteiger partial charge >= 0.3 is 0 Å². The van der Waals surface area contributed by atoms with Gasteiger partial charge in [0.05, 0.1) is 31.1 Å². The maximum atomic E-state index is 9.15. The third-order valence-corrected chi connectivity index (χ3v) is 10.8. The molecule has 0 aliphatic heterocycles. The lowest BCUT2D eigenvalue weighted by atomic mass is 10.1. The number of aliphatic hydroxyl groups excluding tert-OH is 1. The number of rotatable bonds is 8. The molecule has 0 saturated heterocycles. The number of hydrogen-bond acceptors (Lipinski definition) is 5. The molecule has 0 aromatic carbocycles. The molecule has 0 aliphatic carbocycles. The minimum atomic E-state index is -1.78. The summed E-state index contributed by atoms with van der Waals surface area (Å²) in [7, 11) is -1.78. The molecule has 3 aromatic heterocycles. The summed E-state index contributed by atoms with van der Waals surface area (Å²) in [5.41, 5.74) is 2.59. The number of aromatic nitrogens is 5. The van der Waals surface area contributed by atoms with E-state index in [9.17, 15) is 0 Å². The zero-order valence-corrected chi connectivity index (χ0v) is 20.4. The van der Waals surface area contributed by atoms with Crippen LogP contribution in [-0.4, -0.2) is 50.8 Å². The lowest BCUT2D eigenvalue weighted by Gasteiger charge is -2.36. The fourth-order valence-corrected chi connectivity index (χ4v) is 4.30. The van der Waals surface area contributed by atoms with E-state index in [2.05, 4.69) is 50.9 Å². The summed E-state index contributed by atoms with van der Waals surface area (Å²) < 4.78 is 10.1. The number of halogens is 1. The first kappa shape index (κ1) is 22.9. The predicted octanol–water partition coefficient (Wildman–Crippen LogP) is 4.75. The molecule has 164 valence electrons. The molecule has 0 amide bonds. The first-order valence-electron chi connectivity index (χ1n) is 10.3. The van der Waals surface area contributed by atoms with Crippen molar-refractivity contribution in [1.82, 2.24) is 24.1 Å². The molecule has 0 spiro atoms. The van der Waals surface area contributed by atoms with Crippen molar-refractivity contribution in [2.24, 2.45) is 0 Å². The monoisotopic (exact) mass is 449 g/mol. The Hall–Kier alpha value is -1.74. The van der Waals surface area contributed by atoms with Gasteiger partial charge in [0.2, 0.25) is 0 Å². The smallest absolute Gasteiger partial charge is 0.191 e. The summed E-state index contributed by atoms with van der Waals surface area (Å²) >= 11 is 6.19. The van der Waals surface area contributed by atoms with Crippen LogP contribution in [0.3, 0.4) is 0 Å². The molecule has 0 aliphatic rings. The van der Waals surface area contributed by atoms with E-state index in [1.54, 1.807) is 17.1 Å². The summed E-state index contributed by atoms with van der Waals surface area (Å²) in [5, 5.41) is 14.1. The standard InChI is InChI=1S/C21H32ClN5O2Si/c1-15(7-10-29-30(5,6)21(2,3)4)20-25-19(16-11-24-26(13-16)8-9-28)17-12-23-18(22)14-27(17)20/h11-15,28H,7-10H2,1-6H3/t15-/m0/s1. The van der Waals surface area contributed by atoms with Crippen molar-refractivity contribution in [2.75, 3.05) is 13.2 Å². The van der Waals surface area contributed by atoms with Crippen molar-refractivity contribution >= 4 is 25.4 Å². The summed E-state index contributed by atoms with van der Waals surface area (Å²) in [4.78, 5) is 9.19. The lowest BCUT2D eigenvalue weighted by Crippen LogP contribution is -2.41. The second-order valence-corrected chi connectivity index (χ2v) is 14.5. The summed E-state index contributed by atoms with van der Waals surface area (Å²) in [6, 6.07) is 0. The molecular formula is C21H32ClN5O2Si. The van der Waals surface area contributed by atoms with Crippen LogP contribution in [0.5, 0.6) is 0 Å². The van der Waals surface area contributed by atoms with Crippen molar-refractivity contribution in [2.45, 2.75) is 64.7 Å². The Morgan fingerprint density at radius 3 is 2.63 bits per heavy atom. The molecule has 30 heavy (non-hydrogen) atoms. The Morgan fingerprint density at radius 1 is 1.23 bits per heavy atom. The number of hydrogen-bond donors (Lipinski definition) is 1. The first-order valence-corrected chi connectivity index (χ1v) is 13.6. The molecule has 0 bridgehead atoms. The highest BCUT2D eigenvalue weighted by Crippen LogP contribution is 2.37. The van der Waals surface area contributed by atoms with Crippen LogP contribution in [0, 0.1) is 0 Å². The highest BCUT2D eigenvalue weighted by molar-refractivity contribution is 6.74. The van der Waals surface area contributed by atoms with Gasteiger partial charge in [0.15, 0.2) is 8.32 Å². The lowest BCUT2D eigenvalue weighted by molar-refractivity contribution is 0.269. The molecule has 3 heterocycles. The Labute approximate surface area is 184 Å². The van der Waals surface area contributed by atoms with Gasteiger partial charge in [-0.25, -0.2) is 9.97 Å². The molecule has 7 nitrogen and oxygen atoms in total. The molecule has 9 heteroatoms. The Bertz CT molecular complexity index is 1010. The summed E-state index contributed by atoms with van der Waals surface area (Å²) in [5.74, 6) is 1.11. The van der Waals surface area contributed by atoms with Crippen LogP contribution in [0.4, 0.5) is 0 Å². The van der Waals surface area contributed by atoms with Crippen molar-refractivity contribution in [3.8, 4) is 11.3 Å². The van der Waals surface area contributed by atoms with E-state index in [-0.39, 0.29) is 17.6 Å². The van der Waals surface area contributed by atoms with Crippen LogP contribution in [0.1, 0.15) is 45.9 Å². The van der Waals surface area contributed by atoms with Crippen LogP contribution in [0.15, 0.2) is 24.8 Å². The molecule has 1 atom stereocenters. The topological polar surface area (TPSA) is 77.5 Å². The zero-order chi connectivity index (χ0) is 22.1. The molecular weight excluding hydrogens is 418 g/mol. The SMILES string of the molecule is C[C@@H](CCO[Si](C)(C)C(C)(C)C)c1nc(-c2cnn(CCO)c2)c2cnc(Cl)cn12. The van der Waals surface area contributed by atoms with Crippen molar-refractivity contribution in [3.63, 3.8) is 0 Å². The molecule has 0 unspecified atom stereocenters. The van der Waals surface area contributed by atoms with Crippen LogP contribution < -0.4 is 0 Å². The van der Waals surface area contributed by atoms with Gasteiger partial charge in [-0.2, -0.15) is 5.10 Å². The van der Waals surface area contributed by atoms with Gasteiger partial charge in [-0.1, -0.05) is 39.3 Å². The van der Waals surface area contributed by atoms with E-state index >= 15 is 0 Å². The summed E-state index contributed by atoms with van der Waals surface area (Å²) in [6.07, 6.45) is 8.08. The molecule has 1 N–H and O–H groups in total. The minimum absolute atomic E-state index is 0.0404. The fourth-order valence-electron chi connectivity index (χ4n) is 3.09. The van der Waals surface area contributed by atoms with Crippen LogP contribution >= 0.6 is 11.6 Å². The second kappa shape index (κ2) is 8.78. The minimum Gasteiger partial charge on any atom is -0.417 e. The van der Waals surface area contributed by atoms with E-state index in [1.165, 1.54) is 0 Å². The van der Waals surface area contributed by atoms with Crippen LogP contribution in [0.2, 0.25) is 23.3 Å². The van der Waals surface area contributed by atoms with Crippen molar-refractivity contribution < 1.29 is 9.53 Å². The van der Waals surface area contributed by atoms with Crippen molar-refractivity contribution in [3.05, 3.63) is 35.8 Å². The number of nitrogens with zero attached hydrogens (tertiary/aromatic N) is 5. The van der Waals surface area contributed by atoms with Gasteiger partial charge in [-0.05, 0) is 24.6 Å². The van der Waals surface area contributed by atoms with E-state index in [0.717, 1.165) is 29.0 Å². The molecule has 3 aromatic rings. The summed E-state index contributed by atoms with van der Waals surface area (Å²) in [6.45, 7) is 14.7. The third kappa shape index (κ3) is 4.77. The van der Waals surface area contributed by atoms with Gasteiger partial charge in [0.25, 0.3) is 0 Å². The fraction of sp³-hybridized carbons (Fsp3) is 0.571. The normalized spacial score (nSPS) is 13.9. The largest absolute Gasteiger partial charge is 0.417 e. The van der Waals surface area contributed by atoms with Gasteiger partial charge < -0.3 is 9.53 Å². The highest BCUT2D eigenvalue weighted by Gasteiger charge is 2.37. The average molecular weight is 450 g/mol. The zero-order valence-electron chi connectivity index (χ0n) is 18.7. The maximum Gasteiger partial charge on any atom is 0.191 e. The third-order valence-electron chi connectivity index (χ3n) is 6.02. The van der Waals surface area contributed by atoms with Crippen LogP contribution in [-0.2, 0) is 11.0 Å². The van der Waals surface area contributed by atoms with Gasteiger partial charge in [0, 0.05) is 30.5 Å². The predicted molar refractivity (Wildman–Crippen MR) is 122 cm³/mol.